The predicted molar refractivity (Wildman–Crippen MR) is 90.8 cm³/mol. The van der Waals surface area contributed by atoms with E-state index in [9.17, 15) is 4.39 Å². The molecule has 124 valence electrons. The van der Waals surface area contributed by atoms with Crippen LogP contribution < -0.4 is 0 Å². The molecular formula is C20H26FNO. The Kier molecular flexibility index (Phi) is 6.36. The van der Waals surface area contributed by atoms with Gasteiger partial charge >= 0.3 is 0 Å². The van der Waals surface area contributed by atoms with Crippen molar-refractivity contribution in [3.8, 4) is 6.07 Å². The molecule has 0 amide bonds. The van der Waals surface area contributed by atoms with Crippen LogP contribution in [-0.4, -0.2) is 12.7 Å². The van der Waals surface area contributed by atoms with Gasteiger partial charge in [-0.3, -0.25) is 0 Å². The summed E-state index contributed by atoms with van der Waals surface area (Å²) in [5.41, 5.74) is 2.64. The monoisotopic (exact) mass is 315 g/mol. The largest absolute Gasteiger partial charge is 0.378 e. The van der Waals surface area contributed by atoms with Crippen molar-refractivity contribution in [1.82, 2.24) is 0 Å². The predicted octanol–water partition coefficient (Wildman–Crippen LogP) is 5.45. The maximum absolute atomic E-state index is 12.9. The molecule has 0 N–H and O–H groups in total. The molecule has 1 saturated carbocycles. The maximum Gasteiger partial charge on any atom is 0.196 e. The zero-order valence-corrected chi connectivity index (χ0v) is 14.1. The molecule has 0 spiro atoms. The van der Waals surface area contributed by atoms with Crippen LogP contribution in [0.4, 0.5) is 4.39 Å². The van der Waals surface area contributed by atoms with Gasteiger partial charge in [-0.15, -0.1) is 0 Å². The van der Waals surface area contributed by atoms with Gasteiger partial charge in [0.1, 0.15) is 6.07 Å². The van der Waals surface area contributed by atoms with Gasteiger partial charge in [-0.2, -0.15) is 9.65 Å². The van der Waals surface area contributed by atoms with Crippen molar-refractivity contribution >= 4 is 0 Å². The molecule has 0 aliphatic heterocycles. The smallest absolute Gasteiger partial charge is 0.196 e. The van der Waals surface area contributed by atoms with Crippen molar-refractivity contribution in [2.75, 3.05) is 7.11 Å². The van der Waals surface area contributed by atoms with Gasteiger partial charge in [0.2, 0.25) is 0 Å². The summed E-state index contributed by atoms with van der Waals surface area (Å²) in [5, 5.41) is 8.47. The summed E-state index contributed by atoms with van der Waals surface area (Å²) in [4.78, 5) is 0. The molecule has 0 atom stereocenters. The van der Waals surface area contributed by atoms with E-state index in [1.165, 1.54) is 23.3 Å². The molecule has 1 fully saturated rings. The Hall–Kier alpha value is -1.66. The van der Waals surface area contributed by atoms with Crippen LogP contribution in [0.5, 0.6) is 0 Å². The Labute approximate surface area is 139 Å². The molecule has 0 heterocycles. The number of halogens is 1. The molecular weight excluding hydrogens is 289 g/mol. The van der Waals surface area contributed by atoms with Crippen LogP contribution in [0.1, 0.15) is 62.5 Å². The van der Waals surface area contributed by atoms with E-state index in [0.29, 0.717) is 12.3 Å². The Balaban J connectivity index is 1.93. The van der Waals surface area contributed by atoms with Gasteiger partial charge in [-0.1, -0.05) is 31.2 Å². The first-order valence-electron chi connectivity index (χ1n) is 8.52. The molecule has 1 aliphatic rings. The van der Waals surface area contributed by atoms with Crippen molar-refractivity contribution in [3.05, 3.63) is 47.3 Å². The molecule has 0 unspecified atom stereocenters. The number of aryl methyl sites for hydroxylation is 1. The van der Waals surface area contributed by atoms with E-state index in [-0.39, 0.29) is 5.60 Å². The summed E-state index contributed by atoms with van der Waals surface area (Å²) in [6.07, 6.45) is 7.97. The number of ether oxygens (including phenoxy) is 1. The third-order valence-electron chi connectivity index (χ3n) is 5.22. The number of nitrogens with zero attached hydrogens (tertiary/aromatic N) is 1. The number of nitriles is 1. The fraction of sp³-hybridized carbons (Fsp3) is 0.550. The topological polar surface area (TPSA) is 33.0 Å². The lowest BCUT2D eigenvalue weighted by Gasteiger charge is -2.39. The second-order valence-electron chi connectivity index (χ2n) is 6.46. The van der Waals surface area contributed by atoms with Crippen LogP contribution in [0.3, 0.4) is 0 Å². The lowest BCUT2D eigenvalue weighted by molar-refractivity contribution is -0.0483. The van der Waals surface area contributed by atoms with Crippen molar-refractivity contribution in [3.63, 3.8) is 0 Å². The number of methoxy groups -OCH3 is 1. The summed E-state index contributed by atoms with van der Waals surface area (Å²) in [7, 11) is 1.75. The first kappa shape index (κ1) is 17.7. The molecule has 1 aromatic rings. The molecule has 1 aliphatic carbocycles. The molecule has 23 heavy (non-hydrogen) atoms. The molecule has 0 radical (unpaired) electrons. The van der Waals surface area contributed by atoms with Crippen molar-refractivity contribution < 1.29 is 9.13 Å². The fourth-order valence-electron chi connectivity index (χ4n) is 3.57. The number of hydrogen-bond acceptors (Lipinski definition) is 2. The Morgan fingerprint density at radius 2 is 2.00 bits per heavy atom. The minimum Gasteiger partial charge on any atom is -0.378 e. The highest BCUT2D eigenvalue weighted by atomic mass is 19.1. The van der Waals surface area contributed by atoms with Crippen molar-refractivity contribution in [2.24, 2.45) is 0 Å². The molecule has 2 rings (SSSR count). The highest BCUT2D eigenvalue weighted by Gasteiger charge is 2.35. The minimum atomic E-state index is -0.694. The van der Waals surface area contributed by atoms with Gasteiger partial charge in [0, 0.05) is 7.11 Å². The SMILES string of the molecule is CCc1ccc([C@H]2CC[C@@](CCC=C(F)C#N)(OC)CC2)cc1. The average molecular weight is 315 g/mol. The summed E-state index contributed by atoms with van der Waals surface area (Å²) in [5.74, 6) is -0.100. The summed E-state index contributed by atoms with van der Waals surface area (Å²) in [6, 6.07) is 10.5. The third-order valence-corrected chi connectivity index (χ3v) is 5.22. The van der Waals surface area contributed by atoms with Crippen LogP contribution in [0.15, 0.2) is 36.2 Å². The fourth-order valence-corrected chi connectivity index (χ4v) is 3.57. The first-order valence-corrected chi connectivity index (χ1v) is 8.52. The second-order valence-corrected chi connectivity index (χ2v) is 6.46. The van der Waals surface area contributed by atoms with Crippen LogP contribution in [0.25, 0.3) is 0 Å². The van der Waals surface area contributed by atoms with Crippen LogP contribution in [-0.2, 0) is 11.2 Å². The van der Waals surface area contributed by atoms with Gasteiger partial charge in [0.15, 0.2) is 5.83 Å². The van der Waals surface area contributed by atoms with E-state index >= 15 is 0 Å². The van der Waals surface area contributed by atoms with E-state index < -0.39 is 5.83 Å². The molecule has 1 aromatic carbocycles. The van der Waals surface area contributed by atoms with E-state index in [1.54, 1.807) is 7.11 Å². The molecule has 0 aromatic heterocycles. The summed E-state index contributed by atoms with van der Waals surface area (Å²) < 4.78 is 18.7. The Bertz CT molecular complexity index is 562. The van der Waals surface area contributed by atoms with Gasteiger partial charge < -0.3 is 4.74 Å². The van der Waals surface area contributed by atoms with Crippen LogP contribution >= 0.6 is 0 Å². The third kappa shape index (κ3) is 4.65. The minimum absolute atomic E-state index is 0.161. The highest BCUT2D eigenvalue weighted by Crippen LogP contribution is 2.42. The van der Waals surface area contributed by atoms with Gasteiger partial charge in [0.05, 0.1) is 5.60 Å². The Morgan fingerprint density at radius 1 is 1.35 bits per heavy atom. The molecule has 0 bridgehead atoms. The Morgan fingerprint density at radius 3 is 2.52 bits per heavy atom. The van der Waals surface area contributed by atoms with Crippen molar-refractivity contribution in [2.45, 2.75) is 63.4 Å². The van der Waals surface area contributed by atoms with E-state index in [0.717, 1.165) is 38.5 Å². The zero-order chi connectivity index (χ0) is 16.7. The number of hydrogen-bond donors (Lipinski definition) is 0. The highest BCUT2D eigenvalue weighted by molar-refractivity contribution is 5.26. The van der Waals surface area contributed by atoms with Gasteiger partial charge in [-0.05, 0) is 68.1 Å². The quantitative estimate of drug-likeness (QED) is 0.654. The standard InChI is InChI=1S/C20H26FNO/c1-3-16-6-8-17(9-7-16)18-10-13-20(23-2,14-11-18)12-4-5-19(21)15-22/h5-9,18H,3-4,10-14H2,1-2H3/t18-,20+. The molecule has 3 heteroatoms. The zero-order valence-electron chi connectivity index (χ0n) is 14.1. The summed E-state index contributed by atoms with van der Waals surface area (Å²) >= 11 is 0. The van der Waals surface area contributed by atoms with E-state index in [4.69, 9.17) is 10.00 Å². The second kappa shape index (κ2) is 8.26. The average Bonchev–Trinajstić information content (AvgIpc) is 2.62. The number of benzene rings is 1. The normalized spacial score (nSPS) is 25.1. The first-order chi connectivity index (χ1) is 11.1. The van der Waals surface area contributed by atoms with Gasteiger partial charge in [0.25, 0.3) is 0 Å². The van der Waals surface area contributed by atoms with E-state index in [2.05, 4.69) is 31.2 Å². The maximum atomic E-state index is 12.9. The molecule has 2 nitrogen and oxygen atoms in total. The molecule has 0 saturated heterocycles. The van der Waals surface area contributed by atoms with E-state index in [1.807, 2.05) is 0 Å². The van der Waals surface area contributed by atoms with Gasteiger partial charge in [-0.25, -0.2) is 0 Å². The summed E-state index contributed by atoms with van der Waals surface area (Å²) in [6.45, 7) is 2.17. The van der Waals surface area contributed by atoms with Crippen LogP contribution in [0, 0.1) is 11.3 Å². The number of rotatable bonds is 6. The lowest BCUT2D eigenvalue weighted by Crippen LogP contribution is -2.35. The number of allylic oxidation sites excluding steroid dienone is 2. The van der Waals surface area contributed by atoms with Crippen molar-refractivity contribution in [1.29, 1.82) is 5.26 Å². The lowest BCUT2D eigenvalue weighted by atomic mass is 9.74. The van der Waals surface area contributed by atoms with Crippen LogP contribution in [0.2, 0.25) is 0 Å².